The first-order valence-electron chi connectivity index (χ1n) is 15.6. The Morgan fingerprint density at radius 3 is 2.51 bits per heavy atom. The van der Waals surface area contributed by atoms with Crippen molar-refractivity contribution in [1.82, 2.24) is 10.9 Å². The van der Waals surface area contributed by atoms with Gasteiger partial charge in [0.2, 0.25) is 5.90 Å². The number of aliphatic hydroxyl groups is 1. The summed E-state index contributed by atoms with van der Waals surface area (Å²) in [5, 5.41) is 13.0. The Morgan fingerprint density at radius 1 is 1.02 bits per heavy atom. The smallest absolute Gasteiger partial charge is 0.266 e. The molecule has 49 heavy (non-hydrogen) atoms. The molecule has 13 heteroatoms. The SMILES string of the molecule is COc1ccc(OC)c(CCNNC(=O)[C@@]2(Cc3ccccc3Br)N=C(c3ccc(OCCCO)cc3)O[C@H]2c2ccccc2N=[N+]=[N-])c1. The van der Waals surface area contributed by atoms with Crippen LogP contribution in [0.4, 0.5) is 5.69 Å². The highest BCUT2D eigenvalue weighted by Crippen LogP contribution is 2.46. The van der Waals surface area contributed by atoms with Crippen molar-refractivity contribution >= 4 is 33.4 Å². The third kappa shape index (κ3) is 8.33. The van der Waals surface area contributed by atoms with Crippen LogP contribution in [0, 0.1) is 0 Å². The molecule has 1 aliphatic heterocycles. The minimum atomic E-state index is -1.54. The molecule has 0 radical (unpaired) electrons. The zero-order valence-electron chi connectivity index (χ0n) is 27.1. The number of amides is 1. The van der Waals surface area contributed by atoms with Gasteiger partial charge in [0, 0.05) is 52.2 Å². The topological polar surface area (TPSA) is 159 Å². The predicted molar refractivity (Wildman–Crippen MR) is 189 cm³/mol. The van der Waals surface area contributed by atoms with E-state index in [4.69, 9.17) is 29.0 Å². The second-order valence-electron chi connectivity index (χ2n) is 11.1. The maximum absolute atomic E-state index is 14.6. The van der Waals surface area contributed by atoms with Gasteiger partial charge >= 0.3 is 0 Å². The van der Waals surface area contributed by atoms with E-state index in [0.717, 1.165) is 15.6 Å². The van der Waals surface area contributed by atoms with Gasteiger partial charge in [-0.05, 0) is 71.6 Å². The highest BCUT2D eigenvalue weighted by Gasteiger charge is 2.54. The molecule has 0 aromatic heterocycles. The third-order valence-corrected chi connectivity index (χ3v) is 8.80. The highest BCUT2D eigenvalue weighted by molar-refractivity contribution is 9.10. The molecule has 4 aromatic carbocycles. The first-order valence-corrected chi connectivity index (χ1v) is 16.4. The van der Waals surface area contributed by atoms with Crippen LogP contribution in [-0.4, -0.2) is 56.4 Å². The molecule has 0 unspecified atom stereocenters. The lowest BCUT2D eigenvalue weighted by molar-refractivity contribution is -0.130. The molecule has 0 spiro atoms. The fourth-order valence-electron chi connectivity index (χ4n) is 5.57. The monoisotopic (exact) mass is 728 g/mol. The van der Waals surface area contributed by atoms with Gasteiger partial charge < -0.3 is 24.1 Å². The van der Waals surface area contributed by atoms with Gasteiger partial charge in [-0.1, -0.05) is 63.5 Å². The zero-order valence-corrected chi connectivity index (χ0v) is 28.7. The van der Waals surface area contributed by atoms with Crippen LogP contribution in [0.25, 0.3) is 10.4 Å². The predicted octanol–water partition coefficient (Wildman–Crippen LogP) is 6.53. The molecular formula is C36H37BrN6O6. The van der Waals surface area contributed by atoms with Crippen LogP contribution in [0.3, 0.4) is 0 Å². The quantitative estimate of drug-likeness (QED) is 0.0389. The van der Waals surface area contributed by atoms with Gasteiger partial charge in [0.1, 0.15) is 17.2 Å². The van der Waals surface area contributed by atoms with Crippen LogP contribution in [0.1, 0.15) is 34.8 Å². The molecule has 1 heterocycles. The van der Waals surface area contributed by atoms with Gasteiger partial charge in [0.15, 0.2) is 11.6 Å². The summed E-state index contributed by atoms with van der Waals surface area (Å²) in [6.07, 6.45) is 0.209. The van der Waals surface area contributed by atoms with E-state index in [9.17, 15) is 10.3 Å². The van der Waals surface area contributed by atoms with E-state index in [0.29, 0.717) is 60.1 Å². The molecule has 0 fully saturated rings. The van der Waals surface area contributed by atoms with Crippen molar-refractivity contribution in [2.75, 3.05) is 34.0 Å². The van der Waals surface area contributed by atoms with Gasteiger partial charge in [-0.2, -0.15) is 0 Å². The summed E-state index contributed by atoms with van der Waals surface area (Å²) in [5.74, 6) is 1.82. The molecule has 4 aromatic rings. The molecule has 5 rings (SSSR count). The number of halogens is 1. The summed E-state index contributed by atoms with van der Waals surface area (Å²) in [6.45, 7) is 0.779. The summed E-state index contributed by atoms with van der Waals surface area (Å²) >= 11 is 3.65. The number of aliphatic hydroxyl groups excluding tert-OH is 1. The van der Waals surface area contributed by atoms with Crippen LogP contribution in [-0.2, 0) is 22.4 Å². The van der Waals surface area contributed by atoms with Gasteiger partial charge in [-0.25, -0.2) is 10.4 Å². The van der Waals surface area contributed by atoms with E-state index >= 15 is 0 Å². The number of rotatable bonds is 16. The lowest BCUT2D eigenvalue weighted by Gasteiger charge is -2.31. The number of hydrazine groups is 1. The molecule has 1 aliphatic rings. The average molecular weight is 730 g/mol. The Balaban J connectivity index is 1.52. The van der Waals surface area contributed by atoms with Gasteiger partial charge in [0.25, 0.3) is 5.91 Å². The van der Waals surface area contributed by atoms with Gasteiger partial charge in [-0.15, -0.1) is 0 Å². The van der Waals surface area contributed by atoms with Crippen molar-refractivity contribution in [2.24, 2.45) is 10.1 Å². The van der Waals surface area contributed by atoms with Crippen molar-refractivity contribution in [2.45, 2.75) is 30.9 Å². The van der Waals surface area contributed by atoms with E-state index in [2.05, 4.69) is 36.8 Å². The molecular weight excluding hydrogens is 692 g/mol. The summed E-state index contributed by atoms with van der Waals surface area (Å²) < 4.78 is 24.0. The summed E-state index contributed by atoms with van der Waals surface area (Å²) in [6, 6.07) is 27.3. The normalized spacial score (nSPS) is 16.6. The number of aliphatic imine (C=N–C) groups is 1. The molecule has 1 amide bonds. The molecule has 0 saturated carbocycles. The van der Waals surface area contributed by atoms with Gasteiger partial charge in [-0.3, -0.25) is 10.2 Å². The van der Waals surface area contributed by atoms with Crippen LogP contribution in [0.2, 0.25) is 0 Å². The number of methoxy groups -OCH3 is 2. The van der Waals surface area contributed by atoms with E-state index in [1.165, 1.54) is 0 Å². The van der Waals surface area contributed by atoms with Crippen LogP contribution in [0.15, 0.2) is 106 Å². The number of benzene rings is 4. The molecule has 12 nitrogen and oxygen atoms in total. The zero-order chi connectivity index (χ0) is 34.6. The lowest BCUT2D eigenvalue weighted by Crippen LogP contribution is -2.54. The van der Waals surface area contributed by atoms with Crippen molar-refractivity contribution in [3.8, 4) is 17.2 Å². The first-order chi connectivity index (χ1) is 23.9. The van der Waals surface area contributed by atoms with E-state index in [1.807, 2.05) is 42.5 Å². The summed E-state index contributed by atoms with van der Waals surface area (Å²) in [4.78, 5) is 22.7. The maximum atomic E-state index is 14.6. The third-order valence-electron chi connectivity index (χ3n) is 8.03. The Kier molecular flexibility index (Phi) is 12.1. The van der Waals surface area contributed by atoms with E-state index in [1.54, 1.807) is 62.8 Å². The van der Waals surface area contributed by atoms with Gasteiger partial charge in [0.05, 0.1) is 20.8 Å². The second-order valence-corrected chi connectivity index (χ2v) is 12.0. The Morgan fingerprint density at radius 2 is 1.78 bits per heavy atom. The Hall–Kier alpha value is -5.07. The molecule has 254 valence electrons. The number of azide groups is 1. The fraction of sp³-hybridized carbons (Fsp3) is 0.278. The number of hydrogen-bond donors (Lipinski definition) is 3. The lowest BCUT2D eigenvalue weighted by atomic mass is 9.81. The van der Waals surface area contributed by atoms with Crippen molar-refractivity contribution in [3.63, 3.8) is 0 Å². The number of hydrogen-bond acceptors (Lipinski definition) is 9. The number of nitrogens with zero attached hydrogens (tertiary/aromatic N) is 4. The first kappa shape index (κ1) is 35.2. The standard InChI is InChI=1S/C36H37BrN6O6/c1-46-28-16-17-32(47-2)25(22-28)18-19-39-42-35(45)36(23-26-8-3-5-10-30(26)37)33(29-9-4-6-11-31(29)41-43-38)49-34(40-36)24-12-14-27(15-13-24)48-21-7-20-44/h3-6,8-17,22,33,39,44H,7,18-21,23H2,1-2H3,(H,42,45)/t33-,36-/m0/s1. The van der Waals surface area contributed by atoms with Crippen molar-refractivity contribution < 1.29 is 28.8 Å². The largest absolute Gasteiger partial charge is 0.497 e. The number of nitrogens with one attached hydrogen (secondary N) is 2. The van der Waals surface area contributed by atoms with E-state index < -0.39 is 17.6 Å². The molecule has 3 N–H and O–H groups in total. The molecule has 0 saturated heterocycles. The highest BCUT2D eigenvalue weighted by atomic mass is 79.9. The summed E-state index contributed by atoms with van der Waals surface area (Å²) in [7, 11) is 3.21. The maximum Gasteiger partial charge on any atom is 0.266 e. The Bertz CT molecular complexity index is 1830. The average Bonchev–Trinajstić information content (AvgIpc) is 3.51. The Labute approximate surface area is 292 Å². The number of ether oxygens (including phenoxy) is 4. The minimum Gasteiger partial charge on any atom is -0.497 e. The van der Waals surface area contributed by atoms with Crippen molar-refractivity contribution in [1.29, 1.82) is 0 Å². The second kappa shape index (κ2) is 16.8. The molecule has 0 bridgehead atoms. The van der Waals surface area contributed by atoms with E-state index in [-0.39, 0.29) is 18.9 Å². The van der Waals surface area contributed by atoms with Crippen LogP contribution >= 0.6 is 15.9 Å². The molecule has 0 aliphatic carbocycles. The van der Waals surface area contributed by atoms with Crippen LogP contribution < -0.4 is 25.1 Å². The minimum absolute atomic E-state index is 0.0349. The fourth-order valence-corrected chi connectivity index (χ4v) is 5.99. The number of carbonyl (C=O) groups excluding carboxylic acids is 1. The van der Waals surface area contributed by atoms with Crippen molar-refractivity contribution in [3.05, 3.63) is 128 Å². The summed E-state index contributed by atoms with van der Waals surface area (Å²) in [5.41, 5.74) is 17.0. The number of carbonyl (C=O) groups is 1. The van der Waals surface area contributed by atoms with Crippen LogP contribution in [0.5, 0.6) is 17.2 Å². The molecule has 2 atom stereocenters.